The fourth-order valence-electron chi connectivity index (χ4n) is 6.32. The monoisotopic (exact) mass is 582 g/mol. The van der Waals surface area contributed by atoms with E-state index in [1.165, 1.54) is 0 Å². The number of anilines is 1. The van der Waals surface area contributed by atoms with E-state index in [0.717, 1.165) is 68.4 Å². The van der Waals surface area contributed by atoms with Crippen LogP contribution in [0.15, 0.2) is 53.7 Å². The van der Waals surface area contributed by atoms with Gasteiger partial charge in [0.05, 0.1) is 6.07 Å². The molecule has 2 fully saturated rings. The van der Waals surface area contributed by atoms with Crippen molar-refractivity contribution in [2.45, 2.75) is 51.0 Å². The third kappa shape index (κ3) is 7.41. The van der Waals surface area contributed by atoms with Crippen molar-refractivity contribution >= 4 is 34.9 Å². The second-order valence-electron chi connectivity index (χ2n) is 12.0. The van der Waals surface area contributed by atoms with Crippen molar-refractivity contribution in [2.75, 3.05) is 45.6 Å². The third-order valence-electron chi connectivity index (χ3n) is 9.10. The summed E-state index contributed by atoms with van der Waals surface area (Å²) in [4.78, 5) is 41.3. The number of benzene rings is 1. The predicted octanol–water partition coefficient (Wildman–Crippen LogP) is 4.25. The Morgan fingerprint density at radius 3 is 2.44 bits per heavy atom. The van der Waals surface area contributed by atoms with Gasteiger partial charge in [-0.2, -0.15) is 10.3 Å². The summed E-state index contributed by atoms with van der Waals surface area (Å²) in [6.07, 6.45) is 9.67. The summed E-state index contributed by atoms with van der Waals surface area (Å²) in [5.41, 5.74) is 9.64. The molecule has 1 saturated heterocycles. The van der Waals surface area contributed by atoms with E-state index < -0.39 is 0 Å². The number of aliphatic imine (C=N–C) groups is 1. The molecular weight excluding hydrogens is 540 g/mol. The topological polar surface area (TPSA) is 131 Å². The second kappa shape index (κ2) is 13.8. The molecule has 0 bridgehead atoms. The Morgan fingerprint density at radius 2 is 1.79 bits per heavy atom. The number of rotatable bonds is 6. The molecule has 5 rings (SSSR count). The third-order valence-corrected chi connectivity index (χ3v) is 9.10. The Bertz CT molecular complexity index is 1400. The second-order valence-corrected chi connectivity index (χ2v) is 12.0. The number of piperidine rings is 1. The Morgan fingerprint density at radius 1 is 1.07 bits per heavy atom. The summed E-state index contributed by atoms with van der Waals surface area (Å²) in [6.45, 7) is 3.20. The first-order valence-corrected chi connectivity index (χ1v) is 15.3. The van der Waals surface area contributed by atoms with Crippen LogP contribution in [0.25, 0.3) is 5.57 Å². The molecule has 0 radical (unpaired) electrons. The maximum atomic E-state index is 13.1. The minimum Gasteiger partial charge on any atom is -0.369 e. The minimum absolute atomic E-state index is 0.0215. The first kappa shape index (κ1) is 30.2. The lowest BCUT2D eigenvalue weighted by molar-refractivity contribution is -0.136. The maximum Gasteiger partial charge on any atom is 0.253 e. The van der Waals surface area contributed by atoms with Crippen molar-refractivity contribution in [3.05, 3.63) is 59.8 Å². The van der Waals surface area contributed by atoms with Crippen molar-refractivity contribution in [1.29, 1.82) is 5.26 Å². The van der Waals surface area contributed by atoms with E-state index in [0.29, 0.717) is 30.9 Å². The number of nitrogens with zero attached hydrogens (tertiary/aromatic N) is 6. The van der Waals surface area contributed by atoms with Crippen LogP contribution >= 0.6 is 0 Å². The molecule has 2 amide bonds. The van der Waals surface area contributed by atoms with Gasteiger partial charge in [0.25, 0.3) is 5.91 Å². The summed E-state index contributed by atoms with van der Waals surface area (Å²) in [5.74, 6) is 1.05. The number of hydrogen-bond acceptors (Lipinski definition) is 6. The van der Waals surface area contributed by atoms with Gasteiger partial charge < -0.3 is 25.8 Å². The zero-order valence-corrected chi connectivity index (χ0v) is 25.2. The van der Waals surface area contributed by atoms with Crippen molar-refractivity contribution in [1.82, 2.24) is 19.7 Å². The van der Waals surface area contributed by atoms with Gasteiger partial charge in [0.15, 0.2) is 11.8 Å². The molecule has 1 aliphatic carbocycles. The number of carbonyl (C=O) groups is 2. The molecule has 2 aromatic rings. The molecule has 3 heterocycles. The molecule has 3 aliphatic rings. The van der Waals surface area contributed by atoms with E-state index in [2.05, 4.69) is 39.4 Å². The summed E-state index contributed by atoms with van der Waals surface area (Å²) < 4.78 is 0. The molecule has 1 aromatic heterocycles. The van der Waals surface area contributed by atoms with Gasteiger partial charge in [-0.1, -0.05) is 6.08 Å². The fraction of sp³-hybridized carbons (Fsp3) is 0.485. The molecule has 0 unspecified atom stereocenters. The molecular formula is C33H42N8O2. The van der Waals surface area contributed by atoms with Gasteiger partial charge in [0.1, 0.15) is 0 Å². The summed E-state index contributed by atoms with van der Waals surface area (Å²) >= 11 is 0. The first-order valence-electron chi connectivity index (χ1n) is 15.3. The van der Waals surface area contributed by atoms with Crippen LogP contribution in [0.2, 0.25) is 0 Å². The number of hydrogen-bond donors (Lipinski definition) is 2. The summed E-state index contributed by atoms with van der Waals surface area (Å²) in [7, 11) is 4.00. The number of nitrogens with one attached hydrogen (secondary N) is 1. The molecule has 3 N–H and O–H groups in total. The van der Waals surface area contributed by atoms with Crippen LogP contribution in [0.4, 0.5) is 11.5 Å². The Labute approximate surface area is 254 Å². The number of guanidine groups is 1. The van der Waals surface area contributed by atoms with Gasteiger partial charge >= 0.3 is 0 Å². The van der Waals surface area contributed by atoms with E-state index in [1.54, 1.807) is 6.20 Å². The van der Waals surface area contributed by atoms with Gasteiger partial charge in [-0.25, -0.2) is 4.98 Å². The number of likely N-dealkylation sites (tertiary alicyclic amines) is 1. The van der Waals surface area contributed by atoms with Gasteiger partial charge in [0, 0.05) is 61.0 Å². The minimum atomic E-state index is 0.0215. The fourth-order valence-corrected chi connectivity index (χ4v) is 6.32. The van der Waals surface area contributed by atoms with Crippen LogP contribution < -0.4 is 11.1 Å². The van der Waals surface area contributed by atoms with Crippen LogP contribution in [0.3, 0.4) is 0 Å². The normalized spacial score (nSPS) is 21.9. The first-order chi connectivity index (χ1) is 20.8. The van der Waals surface area contributed by atoms with E-state index in [1.807, 2.05) is 53.2 Å². The zero-order valence-electron chi connectivity index (χ0n) is 25.2. The highest BCUT2D eigenvalue weighted by Crippen LogP contribution is 2.33. The molecule has 226 valence electrons. The number of aromatic nitrogens is 1. The Balaban J connectivity index is 1.19. The van der Waals surface area contributed by atoms with Gasteiger partial charge in [-0.3, -0.25) is 9.59 Å². The summed E-state index contributed by atoms with van der Waals surface area (Å²) in [5, 5.41) is 12.3. The average molecular weight is 583 g/mol. The zero-order chi connectivity index (χ0) is 30.3. The van der Waals surface area contributed by atoms with Gasteiger partial charge in [-0.05, 0) is 107 Å². The lowest BCUT2D eigenvalue weighted by Gasteiger charge is -2.35. The van der Waals surface area contributed by atoms with Gasteiger partial charge in [0.2, 0.25) is 5.91 Å². The Hall–Kier alpha value is -4.23. The number of carbonyl (C=O) groups excluding carboxylic acids is 2. The molecule has 0 atom stereocenters. The lowest BCUT2D eigenvalue weighted by Crippen LogP contribution is -2.44. The van der Waals surface area contributed by atoms with E-state index in [9.17, 15) is 9.59 Å². The molecule has 1 saturated carbocycles. The van der Waals surface area contributed by atoms with E-state index in [4.69, 9.17) is 11.0 Å². The number of amides is 2. The van der Waals surface area contributed by atoms with Crippen molar-refractivity contribution in [3.8, 4) is 6.07 Å². The maximum absolute atomic E-state index is 13.1. The van der Waals surface area contributed by atoms with E-state index >= 15 is 0 Å². The molecule has 1 aromatic carbocycles. The highest BCUT2D eigenvalue weighted by Gasteiger charge is 2.30. The molecule has 0 spiro atoms. The predicted molar refractivity (Wildman–Crippen MR) is 168 cm³/mol. The lowest BCUT2D eigenvalue weighted by atomic mass is 9.82. The van der Waals surface area contributed by atoms with Crippen molar-refractivity contribution in [2.24, 2.45) is 22.6 Å². The SMILES string of the molecule is CN1CCC(N(C)C(=O)c2ccc(N/C(N)=N/c3ncccc3C3=CCN(C(=O)C4CCC(C#N)CC4)CC3)cc2)CC1. The van der Waals surface area contributed by atoms with Gasteiger partial charge in [-0.15, -0.1) is 0 Å². The van der Waals surface area contributed by atoms with Crippen LogP contribution in [0.5, 0.6) is 0 Å². The average Bonchev–Trinajstić information content (AvgIpc) is 3.05. The molecule has 10 nitrogen and oxygen atoms in total. The van der Waals surface area contributed by atoms with Crippen molar-refractivity contribution < 1.29 is 9.59 Å². The number of nitriles is 1. The smallest absolute Gasteiger partial charge is 0.253 e. The Kier molecular flexibility index (Phi) is 9.72. The van der Waals surface area contributed by atoms with Crippen LogP contribution in [0, 0.1) is 23.2 Å². The van der Waals surface area contributed by atoms with Crippen LogP contribution in [-0.2, 0) is 4.79 Å². The molecule has 10 heteroatoms. The molecule has 2 aliphatic heterocycles. The highest BCUT2D eigenvalue weighted by molar-refractivity contribution is 5.97. The summed E-state index contributed by atoms with van der Waals surface area (Å²) in [6, 6.07) is 13.7. The largest absolute Gasteiger partial charge is 0.369 e. The number of nitrogens with two attached hydrogens (primary N) is 1. The standard InChI is InChI=1S/C33H42N8O2/c1-39-18-15-28(16-19-39)40(2)31(42)25-9-11-27(12-10-25)37-33(35)38-30-29(4-3-17-36-30)24-13-20-41(21-14-24)32(43)26-7-5-23(22-34)6-8-26/h3-4,9-13,17,23,26,28H,5-8,14-16,18-21H2,1-2H3,(H3,35,36,37,38). The quantitative estimate of drug-likeness (QED) is 0.385. The van der Waals surface area contributed by atoms with Crippen LogP contribution in [-0.4, -0.2) is 83.8 Å². The highest BCUT2D eigenvalue weighted by atomic mass is 16.2. The number of pyridine rings is 1. The van der Waals surface area contributed by atoms with Crippen molar-refractivity contribution in [3.63, 3.8) is 0 Å². The van der Waals surface area contributed by atoms with Crippen LogP contribution in [0.1, 0.15) is 60.9 Å². The van der Waals surface area contributed by atoms with E-state index in [-0.39, 0.29) is 35.7 Å². The molecule has 43 heavy (non-hydrogen) atoms.